The minimum Gasteiger partial charge on any atom is -0.390 e. The van der Waals surface area contributed by atoms with Crippen LogP contribution in [0, 0.1) is 48.3 Å². The van der Waals surface area contributed by atoms with Crippen molar-refractivity contribution >= 4 is 83.7 Å². The summed E-state index contributed by atoms with van der Waals surface area (Å²) in [6.45, 7) is 23.5. The number of nitrogens with two attached hydrogens (primary N) is 3. The highest BCUT2D eigenvalue weighted by molar-refractivity contribution is 5.88. The fourth-order valence-corrected chi connectivity index (χ4v) is 21.0. The largest absolute Gasteiger partial charge is 0.390 e. The first-order valence-corrected chi connectivity index (χ1v) is 44.4. The maximum absolute atomic E-state index is 11.2. The summed E-state index contributed by atoms with van der Waals surface area (Å²) in [5.41, 5.74) is 30.9. The molecular weight excluding hydrogens is 1510 g/mol. The third kappa shape index (κ3) is 17.2. The first-order valence-electron chi connectivity index (χ1n) is 44.4. The SMILES string of the molecule is CC(C)(C)c1ccc2nc(CCC3CC(N(C[C@H]4C[C@@H](n5ccc6c(N)ncnc65)[C@H](O)[C@@H]4O)C4CCC4)C3)[nH]c2c1.CC(C)CN(C[C@H]1C[C@@H](n2ccc3c(N)ncnc32)[C@H](O)[C@@H]1O)C1CC(CCc2nc3ccc(C(C)(C)C)cc3[nH]2)C1.Cc1ccc2nc(CCC3CC(N(C)C[C@H]4C[C@@H](n5ccc6c(N)ncnc65)[C@H](O)[C@@H]4O)C3)[nH]c2c1. The molecule has 27 nitrogen and oxygen atoms in total. The number of hydrogen-bond acceptors (Lipinski definition) is 21. The molecule has 9 aromatic heterocycles. The summed E-state index contributed by atoms with van der Waals surface area (Å²) in [5.74, 6) is 7.20. The average Bonchev–Trinajstić information content (AvgIpc) is 1.72. The minimum atomic E-state index is -0.847. The van der Waals surface area contributed by atoms with Gasteiger partial charge in [-0.3, -0.25) is 9.80 Å². The number of imidazole rings is 3. The Kier molecular flexibility index (Phi) is 23.6. The van der Waals surface area contributed by atoms with Gasteiger partial charge in [-0.25, -0.2) is 44.9 Å². The molecule has 7 aliphatic carbocycles. The van der Waals surface area contributed by atoms with Crippen LogP contribution in [0.15, 0.2) is 110 Å². The van der Waals surface area contributed by atoms with Gasteiger partial charge in [0, 0.05) is 106 Å². The van der Waals surface area contributed by atoms with E-state index in [1.54, 1.807) is 0 Å². The number of aliphatic hydroxyl groups excluding tert-OH is 6. The van der Waals surface area contributed by atoms with Gasteiger partial charge in [0.25, 0.3) is 0 Å². The summed E-state index contributed by atoms with van der Waals surface area (Å²) >= 11 is 0. The molecule has 0 bridgehead atoms. The molecule has 7 saturated carbocycles. The van der Waals surface area contributed by atoms with Gasteiger partial charge in [0.1, 0.15) is 89.2 Å². The first-order chi connectivity index (χ1) is 57.5. The Labute approximate surface area is 702 Å². The Morgan fingerprint density at radius 2 is 0.817 bits per heavy atom. The molecule has 19 rings (SSSR count). The number of benzene rings is 3. The standard InChI is InChI=1S/C33H45N7O2.C33H47N7O2.C27H35N7O2/c1-33(2,3)21-8-9-25-26(16-21)38-28(37-25)10-7-19-13-23(14-19)40(22-5-4-6-22)17-20-15-27(30(42)29(20)41)39-12-11-24-31(34)35-18-36-32(24)39;1-19(2)16-39(17-21-14-27(30(42)29(21)41)40-11-10-24-31(34)35-18-36-32(24)40)23-12-20(13-23)6-9-28-37-25-8-7-22(33(3,4)5)15-26(25)38-28;1-15-3-5-20-21(9-15)32-23(31-20)6-4-16-10-18(11-16)33(2)13-17-12-22(25(36)24(17)35)34-8-7-19-26(28)29-14-30-27(19)34/h8-9,11-12,16,18-20,22-23,27,29-30,41-42H,4-7,10,13-15,17H2,1-3H3,(H,37,38)(H2,34,35,36);7-8,10-11,15,18-21,23,27,29-30,41-42H,6,9,12-14,16-17H2,1-5H3,(H,37,38)(H2,34,35,36);3,5,7-9,14,16-18,22,24-25,35-36H,4,6,10-13H2,1-2H3,(H,31,32)(H2,28,29,30)/t19?,20-,23?,27-,29-,30+;20?,21-,23?,27-,29-,30+;16?,17-,18?,22-,24-,25+/m111/s1. The molecule has 0 spiro atoms. The normalized spacial score (nSPS) is 27.8. The monoisotopic (exact) mass is 1630 g/mol. The van der Waals surface area contributed by atoms with E-state index in [0.29, 0.717) is 89.4 Å². The molecule has 0 aliphatic heterocycles. The molecule has 27 heteroatoms. The Morgan fingerprint density at radius 3 is 1.21 bits per heavy atom. The number of nitrogen functional groups attached to an aromatic ring is 3. The van der Waals surface area contributed by atoms with Gasteiger partial charge in [-0.05, 0) is 210 Å². The number of aromatic amines is 3. The zero-order valence-corrected chi connectivity index (χ0v) is 71.6. The molecule has 0 unspecified atom stereocenters. The topological polar surface area (TPSA) is 387 Å². The van der Waals surface area contributed by atoms with Gasteiger partial charge in [0.05, 0.1) is 85.7 Å². The number of fused-ring (bicyclic) bond motifs is 6. The van der Waals surface area contributed by atoms with Crippen LogP contribution in [0.25, 0.3) is 66.2 Å². The lowest BCUT2D eigenvalue weighted by molar-refractivity contribution is -0.0338. The van der Waals surface area contributed by atoms with E-state index in [2.05, 4.69) is 184 Å². The Morgan fingerprint density at radius 1 is 0.442 bits per heavy atom. The van der Waals surface area contributed by atoms with Gasteiger partial charge < -0.3 is 81.4 Å². The van der Waals surface area contributed by atoms with Crippen LogP contribution in [0.3, 0.4) is 0 Å². The van der Waals surface area contributed by atoms with Crippen LogP contribution in [0.1, 0.15) is 204 Å². The van der Waals surface area contributed by atoms with Crippen molar-refractivity contribution in [1.82, 2.24) is 88.2 Å². The number of nitrogens with one attached hydrogen (secondary N) is 3. The fraction of sp³-hybridized carbons (Fsp3) is 0.581. The number of anilines is 3. The van der Waals surface area contributed by atoms with Crippen LogP contribution < -0.4 is 17.2 Å². The smallest absolute Gasteiger partial charge is 0.145 e. The highest BCUT2D eigenvalue weighted by Gasteiger charge is 2.49. The number of aromatic nitrogens is 15. The number of aliphatic hydroxyl groups is 6. The second-order valence-corrected chi connectivity index (χ2v) is 39.5. The quantitative estimate of drug-likeness (QED) is 0.0267. The lowest BCUT2D eigenvalue weighted by Crippen LogP contribution is -2.54. The van der Waals surface area contributed by atoms with E-state index < -0.39 is 36.6 Å². The molecule has 15 N–H and O–H groups in total. The van der Waals surface area contributed by atoms with Crippen LogP contribution in [0.4, 0.5) is 17.5 Å². The molecule has 7 fully saturated rings. The third-order valence-corrected chi connectivity index (χ3v) is 28.7. The van der Waals surface area contributed by atoms with Crippen molar-refractivity contribution in [2.75, 3.05) is 50.4 Å². The molecule has 0 amide bonds. The highest BCUT2D eigenvalue weighted by Crippen LogP contribution is 2.47. The Bertz CT molecular complexity index is 5530. The van der Waals surface area contributed by atoms with Gasteiger partial charge >= 0.3 is 0 Å². The maximum atomic E-state index is 11.2. The van der Waals surface area contributed by atoms with Gasteiger partial charge in [0.2, 0.25) is 0 Å². The van der Waals surface area contributed by atoms with Crippen LogP contribution >= 0.6 is 0 Å². The predicted octanol–water partition coefficient (Wildman–Crippen LogP) is 12.4. The molecule has 7 aliphatic rings. The van der Waals surface area contributed by atoms with Gasteiger partial charge in [-0.15, -0.1) is 0 Å². The zero-order chi connectivity index (χ0) is 83.9. The minimum absolute atomic E-state index is 0.00434. The molecule has 3 aromatic carbocycles. The summed E-state index contributed by atoms with van der Waals surface area (Å²) in [6.07, 6.45) is 24.6. The van der Waals surface area contributed by atoms with Crippen molar-refractivity contribution < 1.29 is 30.6 Å². The zero-order valence-electron chi connectivity index (χ0n) is 71.6. The van der Waals surface area contributed by atoms with Crippen molar-refractivity contribution in [2.24, 2.45) is 41.4 Å². The van der Waals surface area contributed by atoms with Crippen LogP contribution in [0.5, 0.6) is 0 Å². The second-order valence-electron chi connectivity index (χ2n) is 39.5. The van der Waals surface area contributed by atoms with Crippen LogP contribution in [-0.2, 0) is 30.1 Å². The van der Waals surface area contributed by atoms with E-state index >= 15 is 0 Å². The van der Waals surface area contributed by atoms with Gasteiger partial charge in [-0.2, -0.15) is 0 Å². The summed E-state index contributed by atoms with van der Waals surface area (Å²) in [5, 5.41) is 68.6. The first kappa shape index (κ1) is 83.2. The Balaban J connectivity index is 0.000000129. The van der Waals surface area contributed by atoms with Gasteiger partial charge in [0.15, 0.2) is 0 Å². The van der Waals surface area contributed by atoms with E-state index in [0.717, 1.165) is 144 Å². The number of rotatable bonds is 24. The van der Waals surface area contributed by atoms with E-state index in [1.807, 2.05) is 50.5 Å². The summed E-state index contributed by atoms with van der Waals surface area (Å²) in [7, 11) is 2.15. The number of aryl methyl sites for hydroxylation is 4. The van der Waals surface area contributed by atoms with E-state index in [4.69, 9.17) is 32.2 Å². The fourth-order valence-electron chi connectivity index (χ4n) is 21.0. The summed E-state index contributed by atoms with van der Waals surface area (Å²) < 4.78 is 5.89. The molecule has 12 aromatic rings. The van der Waals surface area contributed by atoms with Crippen molar-refractivity contribution in [3.63, 3.8) is 0 Å². The highest BCUT2D eigenvalue weighted by atomic mass is 16.3. The maximum Gasteiger partial charge on any atom is 0.145 e. The second kappa shape index (κ2) is 34.0. The van der Waals surface area contributed by atoms with Crippen LogP contribution in [0.2, 0.25) is 0 Å². The number of H-pyrrole nitrogens is 3. The predicted molar refractivity (Wildman–Crippen MR) is 472 cm³/mol. The van der Waals surface area contributed by atoms with Crippen molar-refractivity contribution in [2.45, 2.75) is 268 Å². The third-order valence-electron chi connectivity index (χ3n) is 28.7. The average molecular weight is 1640 g/mol. The molecule has 120 heavy (non-hydrogen) atoms. The van der Waals surface area contributed by atoms with E-state index in [1.165, 1.54) is 93.5 Å². The van der Waals surface area contributed by atoms with E-state index in [9.17, 15) is 30.6 Å². The lowest BCUT2D eigenvalue weighted by atomic mass is 9.74. The molecular formula is C93H127N21O6. The summed E-state index contributed by atoms with van der Waals surface area (Å²) in [6, 6.07) is 26.7. The molecule has 640 valence electrons. The van der Waals surface area contributed by atoms with Crippen molar-refractivity contribution in [3.8, 4) is 0 Å². The van der Waals surface area contributed by atoms with Gasteiger partial charge in [-0.1, -0.05) is 80.0 Å². The molecule has 12 atom stereocenters. The Hall–Kier alpha value is -9.03. The van der Waals surface area contributed by atoms with Crippen molar-refractivity contribution in [3.05, 3.63) is 145 Å². The lowest BCUT2D eigenvalue weighted by Gasteiger charge is -2.50. The molecule has 9 heterocycles. The summed E-state index contributed by atoms with van der Waals surface area (Å²) in [4.78, 5) is 58.2. The number of nitrogens with zero attached hydrogens (tertiary/aromatic N) is 15. The molecule has 0 radical (unpaired) electrons. The van der Waals surface area contributed by atoms with Crippen molar-refractivity contribution in [1.29, 1.82) is 0 Å². The van der Waals surface area contributed by atoms with E-state index in [-0.39, 0.29) is 46.7 Å². The van der Waals surface area contributed by atoms with Crippen LogP contribution in [-0.4, -0.2) is 213 Å². The number of hydrogen-bond donors (Lipinski definition) is 12. The molecule has 0 saturated heterocycles.